The number of epoxide rings is 2. The highest BCUT2D eigenvalue weighted by Crippen LogP contribution is 2.62. The lowest BCUT2D eigenvalue weighted by molar-refractivity contribution is 0.265. The molecular weight excluding hydrogens is 202 g/mol. The molecule has 4 unspecified atom stereocenters. The first-order valence-electron chi connectivity index (χ1n) is 5.02. The number of ether oxygens (including phenoxy) is 2. The summed E-state index contributed by atoms with van der Waals surface area (Å²) in [5.41, 5.74) is -0.611. The van der Waals surface area contributed by atoms with Crippen molar-refractivity contribution in [2.75, 3.05) is 0 Å². The normalized spacial score (nSPS) is 44.7. The molecule has 2 fully saturated rings. The molecule has 82 valence electrons. The van der Waals surface area contributed by atoms with Crippen molar-refractivity contribution in [3.05, 3.63) is 50.1 Å². The van der Waals surface area contributed by atoms with Crippen molar-refractivity contribution in [2.45, 2.75) is 23.4 Å². The molecule has 0 aromatic heterocycles. The Morgan fingerprint density at radius 2 is 2.00 bits per heavy atom. The van der Waals surface area contributed by atoms with E-state index in [4.69, 9.17) is 14.7 Å². The van der Waals surface area contributed by atoms with Crippen LogP contribution < -0.4 is 0 Å². The van der Waals surface area contributed by atoms with Gasteiger partial charge in [-0.05, 0) is 6.08 Å². The van der Waals surface area contributed by atoms with E-state index in [1.54, 1.807) is 6.07 Å². The molecule has 2 heterocycles. The van der Waals surface area contributed by atoms with E-state index in [9.17, 15) is 0 Å². The summed E-state index contributed by atoms with van der Waals surface area (Å²) in [5.74, 6) is 0. The van der Waals surface area contributed by atoms with Gasteiger partial charge in [-0.1, -0.05) is 38.0 Å². The van der Waals surface area contributed by atoms with Gasteiger partial charge in [-0.3, -0.25) is 0 Å². The van der Waals surface area contributed by atoms with Crippen LogP contribution in [0.5, 0.6) is 0 Å². The van der Waals surface area contributed by atoms with Crippen molar-refractivity contribution in [2.24, 2.45) is 0 Å². The van der Waals surface area contributed by atoms with Crippen molar-refractivity contribution in [3.8, 4) is 6.07 Å². The van der Waals surface area contributed by atoms with E-state index in [0.717, 1.165) is 0 Å². The minimum atomic E-state index is -0.313. The molecule has 0 radical (unpaired) electrons. The Morgan fingerprint density at radius 3 is 2.50 bits per heavy atom. The lowest BCUT2D eigenvalue weighted by atomic mass is 9.84. The van der Waals surface area contributed by atoms with E-state index < -0.39 is 0 Å². The van der Waals surface area contributed by atoms with Crippen LogP contribution in [0.25, 0.3) is 0 Å². The first-order chi connectivity index (χ1) is 7.69. The highest BCUT2D eigenvalue weighted by molar-refractivity contribution is 5.47. The first-order valence-corrected chi connectivity index (χ1v) is 5.02. The topological polar surface area (TPSA) is 48.9 Å². The smallest absolute Gasteiger partial charge is 0.153 e. The average molecular weight is 215 g/mol. The fourth-order valence-corrected chi connectivity index (χ4v) is 2.14. The highest BCUT2D eigenvalue weighted by Gasteiger charge is 2.77. The first kappa shape index (κ1) is 10.9. The van der Waals surface area contributed by atoms with E-state index in [1.807, 2.05) is 24.3 Å². The Kier molecular flexibility index (Phi) is 2.34. The molecule has 0 aromatic carbocycles. The number of nitriles is 1. The van der Waals surface area contributed by atoms with Crippen LogP contribution in [0.15, 0.2) is 50.1 Å². The van der Waals surface area contributed by atoms with Gasteiger partial charge in [0.15, 0.2) is 5.60 Å². The lowest BCUT2D eigenvalue weighted by Gasteiger charge is -2.10. The molecule has 0 aromatic rings. The van der Waals surface area contributed by atoms with Gasteiger partial charge in [-0.15, -0.1) is 0 Å². The number of rotatable bonds is 2. The lowest BCUT2D eigenvalue weighted by Crippen LogP contribution is -2.30. The van der Waals surface area contributed by atoms with E-state index in [0.29, 0.717) is 0 Å². The number of fused-ring (bicyclic) bond motifs is 3. The van der Waals surface area contributed by atoms with E-state index >= 15 is 0 Å². The summed E-state index contributed by atoms with van der Waals surface area (Å²) in [5, 5.41) is 7.51. The van der Waals surface area contributed by atoms with E-state index in [1.165, 1.54) is 6.08 Å². The summed E-state index contributed by atoms with van der Waals surface area (Å²) in [4.78, 5) is 0. The molecule has 3 nitrogen and oxygen atoms in total. The minimum absolute atomic E-state index is 0.179. The minimum Gasteiger partial charge on any atom is -0.361 e. The predicted molar refractivity (Wildman–Crippen MR) is 60.6 cm³/mol. The fraction of sp³-hybridized carbons (Fsp3) is 0.308. The maximum atomic E-state index is 7.51. The van der Waals surface area contributed by atoms with Crippen LogP contribution in [-0.4, -0.2) is 23.4 Å². The van der Waals surface area contributed by atoms with Crippen molar-refractivity contribution < 1.29 is 9.47 Å². The summed E-state index contributed by atoms with van der Waals surface area (Å²) in [6, 6.07) is 1.69. The molecule has 3 heteroatoms. The van der Waals surface area contributed by atoms with Crippen molar-refractivity contribution >= 4 is 0 Å². The van der Waals surface area contributed by atoms with Crippen LogP contribution >= 0.6 is 0 Å². The zero-order valence-electron chi connectivity index (χ0n) is 8.93. The Labute approximate surface area is 95.0 Å². The van der Waals surface area contributed by atoms with E-state index in [-0.39, 0.29) is 23.4 Å². The van der Waals surface area contributed by atoms with Crippen LogP contribution in [-0.2, 0) is 9.47 Å². The van der Waals surface area contributed by atoms with Gasteiger partial charge in [0.2, 0.25) is 0 Å². The maximum Gasteiger partial charge on any atom is 0.153 e. The molecule has 1 aliphatic carbocycles. The summed E-state index contributed by atoms with van der Waals surface area (Å²) >= 11 is 0. The molecule has 0 saturated carbocycles. The van der Waals surface area contributed by atoms with Crippen molar-refractivity contribution in [1.29, 1.82) is 5.26 Å². The highest BCUT2D eigenvalue weighted by atomic mass is 16.7. The second-order valence-corrected chi connectivity index (χ2v) is 3.81. The van der Waals surface area contributed by atoms with Crippen molar-refractivity contribution in [3.63, 3.8) is 0 Å². The third-order valence-corrected chi connectivity index (χ3v) is 3.09. The molecule has 3 rings (SSSR count). The largest absolute Gasteiger partial charge is 0.361 e. The van der Waals surface area contributed by atoms with Gasteiger partial charge in [0.1, 0.15) is 17.8 Å². The molecule has 0 N–H and O–H groups in total. The zero-order valence-corrected chi connectivity index (χ0v) is 8.93. The quantitative estimate of drug-likeness (QED) is 0.401. The Bertz CT molecular complexity index is 420. The summed E-state index contributed by atoms with van der Waals surface area (Å²) in [7, 11) is 0. The molecular formula is C13H13NO2. The van der Waals surface area contributed by atoms with Gasteiger partial charge in [0.05, 0.1) is 6.07 Å². The third-order valence-electron chi connectivity index (χ3n) is 3.09. The molecule has 4 atom stereocenters. The maximum absolute atomic E-state index is 7.51. The fourth-order valence-electron chi connectivity index (χ4n) is 2.14. The average Bonchev–Trinajstić information content (AvgIpc) is 3.19. The van der Waals surface area contributed by atoms with Gasteiger partial charge < -0.3 is 9.47 Å². The van der Waals surface area contributed by atoms with Gasteiger partial charge in [0.25, 0.3) is 0 Å². The summed E-state index contributed by atoms with van der Waals surface area (Å²) in [6.45, 7) is 10.7. The standard InChI is InChI=1S/C10H10O2.C3H3N/c1-3-9-6-5-7-8(11-7)10(9,4-2)12-9;1-2-3-4/h3-8H,1-2H2;2H,1H2. The molecule has 0 amide bonds. The second-order valence-electron chi connectivity index (χ2n) is 3.81. The zero-order chi connectivity index (χ0) is 11.8. The van der Waals surface area contributed by atoms with Gasteiger partial charge in [-0.25, -0.2) is 0 Å². The molecule has 0 spiro atoms. The molecule has 3 aliphatic rings. The van der Waals surface area contributed by atoms with Crippen LogP contribution in [0.1, 0.15) is 0 Å². The van der Waals surface area contributed by atoms with Crippen LogP contribution in [0.2, 0.25) is 0 Å². The van der Waals surface area contributed by atoms with Gasteiger partial charge >= 0.3 is 0 Å². The molecule has 2 aliphatic heterocycles. The van der Waals surface area contributed by atoms with E-state index in [2.05, 4.69) is 19.7 Å². The number of hydrogen-bond acceptors (Lipinski definition) is 3. The monoisotopic (exact) mass is 215 g/mol. The molecule has 0 bridgehead atoms. The van der Waals surface area contributed by atoms with Crippen molar-refractivity contribution in [1.82, 2.24) is 0 Å². The van der Waals surface area contributed by atoms with Crippen LogP contribution in [0, 0.1) is 11.3 Å². The third kappa shape index (κ3) is 1.21. The number of hydrogen-bond donors (Lipinski definition) is 0. The Morgan fingerprint density at radius 1 is 1.31 bits per heavy atom. The number of allylic oxidation sites excluding steroid dienone is 1. The van der Waals surface area contributed by atoms with Crippen LogP contribution in [0.4, 0.5) is 0 Å². The number of nitrogens with zero attached hydrogens (tertiary/aromatic N) is 1. The van der Waals surface area contributed by atoms with Gasteiger partial charge in [0, 0.05) is 6.08 Å². The molecule has 2 saturated heterocycles. The molecule has 16 heavy (non-hydrogen) atoms. The Hall–Kier alpha value is -1.63. The summed E-state index contributed by atoms with van der Waals surface area (Å²) in [6.07, 6.45) is 9.33. The Balaban J connectivity index is 0.000000212. The predicted octanol–water partition coefficient (Wildman–Crippen LogP) is 1.90. The summed E-state index contributed by atoms with van der Waals surface area (Å²) < 4.78 is 11.1. The SMILES string of the molecule is C=CC#N.C=CC12C=CC3OC3C1(C=C)O2. The second kappa shape index (κ2) is 3.44. The van der Waals surface area contributed by atoms with Gasteiger partial charge in [-0.2, -0.15) is 5.26 Å². The van der Waals surface area contributed by atoms with Crippen LogP contribution in [0.3, 0.4) is 0 Å².